The third kappa shape index (κ3) is 3.59. The third-order valence-corrected chi connectivity index (χ3v) is 5.92. The minimum Gasteiger partial charge on any atom is -0.379 e. The quantitative estimate of drug-likeness (QED) is 0.656. The van der Waals surface area contributed by atoms with Crippen LogP contribution in [0.15, 0.2) is 36.7 Å². The Labute approximate surface area is 178 Å². The van der Waals surface area contributed by atoms with E-state index in [0.717, 1.165) is 29.9 Å². The number of nitrogens with zero attached hydrogens (tertiary/aromatic N) is 5. The van der Waals surface area contributed by atoms with E-state index >= 15 is 4.39 Å². The van der Waals surface area contributed by atoms with Crippen LogP contribution < -0.4 is 5.32 Å². The average molecular weight is 422 g/mol. The van der Waals surface area contributed by atoms with Crippen LogP contribution in [0.3, 0.4) is 0 Å². The van der Waals surface area contributed by atoms with Gasteiger partial charge in [-0.25, -0.2) is 14.4 Å². The number of carbonyl (C=O) groups is 1. The summed E-state index contributed by atoms with van der Waals surface area (Å²) in [6.45, 7) is 2.32. The number of hydrogen-bond donors (Lipinski definition) is 1. The molecule has 2 aromatic heterocycles. The van der Waals surface area contributed by atoms with Crippen molar-refractivity contribution in [1.82, 2.24) is 24.7 Å². The second-order valence-electron chi connectivity index (χ2n) is 8.37. The Bertz CT molecular complexity index is 1140. The predicted molar refractivity (Wildman–Crippen MR) is 110 cm³/mol. The molecule has 1 saturated carbocycles. The van der Waals surface area contributed by atoms with E-state index in [9.17, 15) is 4.79 Å². The Morgan fingerprint density at radius 3 is 2.74 bits per heavy atom. The number of carbonyl (C=O) groups excluding carboxylic acids is 1. The van der Waals surface area contributed by atoms with Gasteiger partial charge in [0.15, 0.2) is 12.0 Å². The first kappa shape index (κ1) is 19.7. The maximum absolute atomic E-state index is 15.5. The summed E-state index contributed by atoms with van der Waals surface area (Å²) in [5.74, 6) is 1.03. The molecule has 1 unspecified atom stereocenters. The zero-order chi connectivity index (χ0) is 21.6. The fraction of sp³-hybridized carbons (Fsp3) is 0.409. The van der Waals surface area contributed by atoms with E-state index in [1.807, 2.05) is 13.0 Å². The summed E-state index contributed by atoms with van der Waals surface area (Å²) in [6, 6.07) is 8.90. The van der Waals surface area contributed by atoms with Crippen molar-refractivity contribution in [2.24, 2.45) is 7.05 Å². The van der Waals surface area contributed by atoms with Crippen molar-refractivity contribution in [3.05, 3.63) is 65.3 Å². The van der Waals surface area contributed by atoms with E-state index < -0.39 is 11.6 Å². The van der Waals surface area contributed by atoms with Gasteiger partial charge in [0.25, 0.3) is 5.91 Å². The normalized spacial score (nSPS) is 18.3. The lowest BCUT2D eigenvalue weighted by Gasteiger charge is -2.43. The SMILES string of the molecule is Cc1cc(C(=O)Nc2cccc(C3(C(F)c4nncn4C)COC3)c2)nc(C2CC2)n1. The number of benzene rings is 1. The first-order valence-corrected chi connectivity index (χ1v) is 10.3. The molecule has 1 aromatic carbocycles. The van der Waals surface area contributed by atoms with E-state index in [1.165, 1.54) is 6.33 Å². The molecule has 1 atom stereocenters. The van der Waals surface area contributed by atoms with Gasteiger partial charge in [-0.1, -0.05) is 12.1 Å². The van der Waals surface area contributed by atoms with Crippen LogP contribution in [0.4, 0.5) is 10.1 Å². The number of nitrogens with one attached hydrogen (secondary N) is 1. The maximum atomic E-state index is 15.5. The molecule has 160 valence electrons. The molecule has 3 aromatic rings. The Balaban J connectivity index is 1.40. The Hall–Kier alpha value is -3.20. The van der Waals surface area contributed by atoms with Gasteiger partial charge in [0.1, 0.15) is 17.8 Å². The lowest BCUT2D eigenvalue weighted by atomic mass is 9.74. The second kappa shape index (κ2) is 7.49. The zero-order valence-electron chi connectivity index (χ0n) is 17.4. The molecule has 1 N–H and O–H groups in total. The Morgan fingerprint density at radius 1 is 1.29 bits per heavy atom. The standard InChI is InChI=1S/C22H23FN6O2/c1-13-8-17(27-19(25-13)14-6-7-14)21(30)26-16-5-3-4-15(9-16)22(10-31-11-22)18(23)20-28-24-12-29(20)2/h3-5,8-9,12,14,18H,6-7,10-11H2,1-2H3,(H,26,30). The van der Waals surface area contributed by atoms with Crippen LogP contribution in [0.25, 0.3) is 0 Å². The molecule has 8 nitrogen and oxygen atoms in total. The second-order valence-corrected chi connectivity index (χ2v) is 8.37. The maximum Gasteiger partial charge on any atom is 0.274 e. The lowest BCUT2D eigenvalue weighted by molar-refractivity contribution is -0.102. The highest BCUT2D eigenvalue weighted by atomic mass is 19.1. The van der Waals surface area contributed by atoms with Gasteiger partial charge < -0.3 is 14.6 Å². The molecule has 1 amide bonds. The number of rotatable bonds is 6. The molecule has 9 heteroatoms. The first-order valence-electron chi connectivity index (χ1n) is 10.3. The molecule has 0 bridgehead atoms. The molecule has 1 aliphatic carbocycles. The number of hydrogen-bond acceptors (Lipinski definition) is 6. The summed E-state index contributed by atoms with van der Waals surface area (Å²) in [4.78, 5) is 21.7. The minimum absolute atomic E-state index is 0.230. The van der Waals surface area contributed by atoms with Gasteiger partial charge in [0.05, 0.1) is 18.6 Å². The molecule has 0 spiro atoms. The topological polar surface area (TPSA) is 94.8 Å². The molecule has 31 heavy (non-hydrogen) atoms. The number of aromatic nitrogens is 5. The van der Waals surface area contributed by atoms with Crippen molar-refractivity contribution in [3.63, 3.8) is 0 Å². The lowest BCUT2D eigenvalue weighted by Crippen LogP contribution is -2.50. The fourth-order valence-corrected chi connectivity index (χ4v) is 3.88. The van der Waals surface area contributed by atoms with Crippen molar-refractivity contribution in [1.29, 1.82) is 0 Å². The van der Waals surface area contributed by atoms with Gasteiger partial charge >= 0.3 is 0 Å². The Kier molecular flexibility index (Phi) is 4.77. The van der Waals surface area contributed by atoms with Gasteiger partial charge in [-0.3, -0.25) is 4.79 Å². The van der Waals surface area contributed by atoms with Crippen LogP contribution in [-0.2, 0) is 17.2 Å². The molecular formula is C22H23FN6O2. The van der Waals surface area contributed by atoms with E-state index in [2.05, 4.69) is 25.5 Å². The van der Waals surface area contributed by atoms with Crippen molar-refractivity contribution in [3.8, 4) is 0 Å². The van der Waals surface area contributed by atoms with Crippen molar-refractivity contribution in [2.75, 3.05) is 18.5 Å². The molecule has 5 rings (SSSR count). The molecule has 2 aliphatic rings. The summed E-state index contributed by atoms with van der Waals surface area (Å²) in [6.07, 6.45) is 2.22. The van der Waals surface area contributed by atoms with Crippen LogP contribution >= 0.6 is 0 Å². The van der Waals surface area contributed by atoms with Gasteiger partial charge in [-0.05, 0) is 43.5 Å². The highest BCUT2D eigenvalue weighted by Gasteiger charge is 2.50. The summed E-state index contributed by atoms with van der Waals surface area (Å²) >= 11 is 0. The van der Waals surface area contributed by atoms with Crippen molar-refractivity contribution >= 4 is 11.6 Å². The number of aryl methyl sites for hydroxylation is 2. The Morgan fingerprint density at radius 2 is 2.10 bits per heavy atom. The van der Waals surface area contributed by atoms with E-state index in [-0.39, 0.29) is 24.9 Å². The third-order valence-electron chi connectivity index (χ3n) is 5.92. The van der Waals surface area contributed by atoms with Crippen LogP contribution in [-0.4, -0.2) is 43.9 Å². The molecule has 3 heterocycles. The number of halogens is 1. The van der Waals surface area contributed by atoms with Crippen LogP contribution in [0.5, 0.6) is 0 Å². The van der Waals surface area contributed by atoms with Gasteiger partial charge in [0, 0.05) is 24.3 Å². The summed E-state index contributed by atoms with van der Waals surface area (Å²) in [5, 5.41) is 10.6. The number of amides is 1. The molecule has 2 fully saturated rings. The number of alkyl halides is 1. The summed E-state index contributed by atoms with van der Waals surface area (Å²) in [7, 11) is 1.71. The highest BCUT2D eigenvalue weighted by molar-refractivity contribution is 6.03. The van der Waals surface area contributed by atoms with E-state index in [4.69, 9.17) is 4.74 Å². The van der Waals surface area contributed by atoms with Gasteiger partial charge in [-0.15, -0.1) is 10.2 Å². The molecule has 1 aliphatic heterocycles. The molecule has 0 radical (unpaired) electrons. The largest absolute Gasteiger partial charge is 0.379 e. The van der Waals surface area contributed by atoms with Crippen LogP contribution in [0.2, 0.25) is 0 Å². The van der Waals surface area contributed by atoms with E-state index in [1.54, 1.807) is 35.9 Å². The smallest absolute Gasteiger partial charge is 0.274 e. The monoisotopic (exact) mass is 422 g/mol. The highest BCUT2D eigenvalue weighted by Crippen LogP contribution is 2.45. The number of ether oxygens (including phenoxy) is 1. The van der Waals surface area contributed by atoms with E-state index in [0.29, 0.717) is 17.3 Å². The predicted octanol–water partition coefficient (Wildman–Crippen LogP) is 3.02. The van der Waals surface area contributed by atoms with Gasteiger partial charge in [0.2, 0.25) is 0 Å². The zero-order valence-corrected chi connectivity index (χ0v) is 17.4. The van der Waals surface area contributed by atoms with Crippen molar-refractivity contribution in [2.45, 2.75) is 37.3 Å². The fourth-order valence-electron chi connectivity index (χ4n) is 3.88. The van der Waals surface area contributed by atoms with Crippen molar-refractivity contribution < 1.29 is 13.9 Å². The summed E-state index contributed by atoms with van der Waals surface area (Å²) < 4.78 is 22.5. The minimum atomic E-state index is -1.38. The van der Waals surface area contributed by atoms with Crippen LogP contribution in [0, 0.1) is 6.92 Å². The summed E-state index contributed by atoms with van der Waals surface area (Å²) in [5.41, 5.74) is 1.55. The first-order chi connectivity index (χ1) is 15.0. The average Bonchev–Trinajstić information content (AvgIpc) is 3.48. The van der Waals surface area contributed by atoms with Crippen LogP contribution in [0.1, 0.15) is 58.3 Å². The van der Waals surface area contributed by atoms with Gasteiger partial charge in [-0.2, -0.15) is 0 Å². The number of anilines is 1. The molecule has 1 saturated heterocycles. The molecular weight excluding hydrogens is 399 g/mol.